The van der Waals surface area contributed by atoms with E-state index in [2.05, 4.69) is 9.80 Å². The van der Waals surface area contributed by atoms with Crippen molar-refractivity contribution in [3.8, 4) is 0 Å². The van der Waals surface area contributed by atoms with E-state index in [1.165, 1.54) is 90.6 Å². The minimum Gasteiger partial charge on any atom is -0.303 e. The summed E-state index contributed by atoms with van der Waals surface area (Å²) >= 11 is 0. The lowest BCUT2D eigenvalue weighted by molar-refractivity contribution is 0.136. The lowest BCUT2D eigenvalue weighted by atomic mass is 9.68. The largest absolute Gasteiger partial charge is 0.303 e. The van der Waals surface area contributed by atoms with Gasteiger partial charge in [0.25, 0.3) is 0 Å². The fourth-order valence-corrected chi connectivity index (χ4v) is 4.00. The van der Waals surface area contributed by atoms with E-state index < -0.39 is 0 Å². The molecule has 2 nitrogen and oxygen atoms in total. The summed E-state index contributed by atoms with van der Waals surface area (Å²) in [5.41, 5.74) is 0.797. The standard InChI is InChI=1S/C15H28N2/c1-2-9-16(10-3-1)11-5-12-17-13-8-15(14-17)6-4-7-15/h1-14H2. The van der Waals surface area contributed by atoms with E-state index in [-0.39, 0.29) is 0 Å². The highest BCUT2D eigenvalue weighted by Gasteiger charge is 2.42. The van der Waals surface area contributed by atoms with Gasteiger partial charge in [-0.15, -0.1) is 0 Å². The zero-order valence-corrected chi connectivity index (χ0v) is 11.3. The van der Waals surface area contributed by atoms with Crippen LogP contribution in [0.4, 0.5) is 0 Å². The minimum atomic E-state index is 0.797. The molecule has 2 saturated heterocycles. The topological polar surface area (TPSA) is 6.48 Å². The Morgan fingerprint density at radius 2 is 1.47 bits per heavy atom. The van der Waals surface area contributed by atoms with Crippen molar-refractivity contribution >= 4 is 0 Å². The summed E-state index contributed by atoms with van der Waals surface area (Å²) in [4.78, 5) is 5.42. The van der Waals surface area contributed by atoms with Crippen molar-refractivity contribution in [2.45, 2.75) is 51.4 Å². The second-order valence-electron chi connectivity index (χ2n) is 6.64. The van der Waals surface area contributed by atoms with E-state index in [0.29, 0.717) is 0 Å². The van der Waals surface area contributed by atoms with Crippen molar-refractivity contribution in [2.24, 2.45) is 5.41 Å². The molecule has 0 aromatic heterocycles. The van der Waals surface area contributed by atoms with Crippen LogP contribution in [0.3, 0.4) is 0 Å². The number of nitrogens with zero attached hydrogens (tertiary/aromatic N) is 2. The van der Waals surface area contributed by atoms with Gasteiger partial charge in [0.05, 0.1) is 0 Å². The van der Waals surface area contributed by atoms with E-state index in [9.17, 15) is 0 Å². The number of likely N-dealkylation sites (tertiary alicyclic amines) is 2. The van der Waals surface area contributed by atoms with Crippen LogP contribution in [-0.4, -0.2) is 49.1 Å². The fourth-order valence-electron chi connectivity index (χ4n) is 4.00. The second kappa shape index (κ2) is 5.27. The van der Waals surface area contributed by atoms with Crippen LogP contribution in [0.15, 0.2) is 0 Å². The first-order chi connectivity index (χ1) is 8.36. The predicted octanol–water partition coefficient (Wildman–Crippen LogP) is 2.74. The van der Waals surface area contributed by atoms with Gasteiger partial charge in [0.1, 0.15) is 0 Å². The summed E-state index contributed by atoms with van der Waals surface area (Å²) in [6.07, 6.45) is 11.8. The Morgan fingerprint density at radius 3 is 2.12 bits per heavy atom. The highest BCUT2D eigenvalue weighted by Crippen LogP contribution is 2.47. The molecule has 1 spiro atoms. The monoisotopic (exact) mass is 236 g/mol. The summed E-state index contributed by atoms with van der Waals surface area (Å²) in [5.74, 6) is 0. The lowest BCUT2D eigenvalue weighted by Crippen LogP contribution is -2.35. The van der Waals surface area contributed by atoms with Crippen molar-refractivity contribution in [2.75, 3.05) is 39.3 Å². The first-order valence-electron chi connectivity index (χ1n) is 7.81. The van der Waals surface area contributed by atoms with Crippen LogP contribution >= 0.6 is 0 Å². The zero-order chi connectivity index (χ0) is 11.6. The van der Waals surface area contributed by atoms with Crippen LogP contribution in [-0.2, 0) is 0 Å². The van der Waals surface area contributed by atoms with E-state index in [0.717, 1.165) is 5.41 Å². The van der Waals surface area contributed by atoms with Gasteiger partial charge in [0.2, 0.25) is 0 Å². The van der Waals surface area contributed by atoms with Gasteiger partial charge in [0.15, 0.2) is 0 Å². The zero-order valence-electron chi connectivity index (χ0n) is 11.3. The van der Waals surface area contributed by atoms with Gasteiger partial charge >= 0.3 is 0 Å². The third-order valence-corrected chi connectivity index (χ3v) is 5.33. The van der Waals surface area contributed by atoms with Gasteiger partial charge in [-0.3, -0.25) is 0 Å². The van der Waals surface area contributed by atoms with Gasteiger partial charge in [-0.05, 0) is 76.7 Å². The van der Waals surface area contributed by atoms with Crippen LogP contribution in [0.5, 0.6) is 0 Å². The second-order valence-corrected chi connectivity index (χ2v) is 6.64. The van der Waals surface area contributed by atoms with Crippen LogP contribution in [0.1, 0.15) is 51.4 Å². The Morgan fingerprint density at radius 1 is 0.706 bits per heavy atom. The van der Waals surface area contributed by atoms with Crippen LogP contribution in [0.2, 0.25) is 0 Å². The van der Waals surface area contributed by atoms with Crippen LogP contribution < -0.4 is 0 Å². The molecule has 2 heterocycles. The van der Waals surface area contributed by atoms with E-state index in [4.69, 9.17) is 0 Å². The summed E-state index contributed by atoms with van der Waals surface area (Å²) < 4.78 is 0. The van der Waals surface area contributed by atoms with E-state index in [1.54, 1.807) is 0 Å². The molecule has 0 radical (unpaired) electrons. The normalized spacial score (nSPS) is 29.6. The Bertz CT molecular complexity index is 241. The average molecular weight is 236 g/mol. The molecule has 1 aliphatic carbocycles. The van der Waals surface area contributed by atoms with Gasteiger partial charge in [0, 0.05) is 6.54 Å². The molecule has 2 heteroatoms. The molecule has 0 amide bonds. The van der Waals surface area contributed by atoms with Crippen LogP contribution in [0, 0.1) is 5.41 Å². The van der Waals surface area contributed by atoms with Gasteiger partial charge < -0.3 is 9.80 Å². The maximum atomic E-state index is 2.74. The Kier molecular flexibility index (Phi) is 3.72. The minimum absolute atomic E-state index is 0.797. The Labute approximate surface area is 106 Å². The molecule has 17 heavy (non-hydrogen) atoms. The fraction of sp³-hybridized carbons (Fsp3) is 1.00. The molecule has 0 aromatic carbocycles. The highest BCUT2D eigenvalue weighted by atomic mass is 15.2. The maximum absolute atomic E-state index is 2.74. The molecular formula is C15H28N2. The molecule has 3 aliphatic rings. The summed E-state index contributed by atoms with van der Waals surface area (Å²) in [5, 5.41) is 0. The summed E-state index contributed by atoms with van der Waals surface area (Å²) in [7, 11) is 0. The molecule has 0 aromatic rings. The first-order valence-corrected chi connectivity index (χ1v) is 7.81. The van der Waals surface area contributed by atoms with Gasteiger partial charge in [-0.1, -0.05) is 12.8 Å². The molecule has 2 aliphatic heterocycles. The lowest BCUT2D eigenvalue weighted by Gasteiger charge is -2.38. The molecule has 0 bridgehead atoms. The molecule has 0 N–H and O–H groups in total. The third kappa shape index (κ3) is 2.85. The number of hydrogen-bond donors (Lipinski definition) is 0. The van der Waals surface area contributed by atoms with Crippen molar-refractivity contribution in [3.63, 3.8) is 0 Å². The van der Waals surface area contributed by atoms with E-state index >= 15 is 0 Å². The van der Waals surface area contributed by atoms with Crippen molar-refractivity contribution in [1.29, 1.82) is 0 Å². The number of rotatable bonds is 4. The SMILES string of the molecule is C1CCN(CCCN2CCC3(CCC3)C2)CC1. The first kappa shape index (κ1) is 12.0. The average Bonchev–Trinajstić information content (AvgIpc) is 2.75. The highest BCUT2D eigenvalue weighted by molar-refractivity contribution is 4.95. The Balaban J connectivity index is 1.32. The van der Waals surface area contributed by atoms with Gasteiger partial charge in [-0.25, -0.2) is 0 Å². The Hall–Kier alpha value is -0.0800. The van der Waals surface area contributed by atoms with Crippen LogP contribution in [0.25, 0.3) is 0 Å². The van der Waals surface area contributed by atoms with Crippen molar-refractivity contribution in [3.05, 3.63) is 0 Å². The molecule has 3 fully saturated rings. The number of hydrogen-bond acceptors (Lipinski definition) is 2. The molecule has 98 valence electrons. The van der Waals surface area contributed by atoms with Gasteiger partial charge in [-0.2, -0.15) is 0 Å². The predicted molar refractivity (Wildman–Crippen MR) is 72.2 cm³/mol. The number of piperidine rings is 1. The molecule has 3 rings (SSSR count). The summed E-state index contributed by atoms with van der Waals surface area (Å²) in [6.45, 7) is 8.25. The quantitative estimate of drug-likeness (QED) is 0.740. The van der Waals surface area contributed by atoms with Crippen molar-refractivity contribution in [1.82, 2.24) is 9.80 Å². The molecule has 1 saturated carbocycles. The molecular weight excluding hydrogens is 208 g/mol. The van der Waals surface area contributed by atoms with Crippen molar-refractivity contribution < 1.29 is 0 Å². The smallest absolute Gasteiger partial charge is 0.00385 e. The summed E-state index contributed by atoms with van der Waals surface area (Å²) in [6, 6.07) is 0. The molecule has 0 atom stereocenters. The third-order valence-electron chi connectivity index (χ3n) is 5.33. The maximum Gasteiger partial charge on any atom is 0.00385 e. The van der Waals surface area contributed by atoms with E-state index in [1.807, 2.05) is 0 Å². The molecule has 0 unspecified atom stereocenters.